The lowest BCUT2D eigenvalue weighted by Crippen LogP contribution is -2.14. The summed E-state index contributed by atoms with van der Waals surface area (Å²) in [5, 5.41) is 0. The van der Waals surface area contributed by atoms with Gasteiger partial charge in [0.05, 0.1) is 16.2 Å². The van der Waals surface area contributed by atoms with Gasteiger partial charge < -0.3 is 9.47 Å². The summed E-state index contributed by atoms with van der Waals surface area (Å²) in [4.78, 5) is 24.4. The smallest absolute Gasteiger partial charge is 0.338 e. The zero-order valence-corrected chi connectivity index (χ0v) is 16.8. The van der Waals surface area contributed by atoms with Crippen molar-refractivity contribution in [1.29, 1.82) is 0 Å². The van der Waals surface area contributed by atoms with E-state index in [0.717, 1.165) is 14.7 Å². The Labute approximate surface area is 171 Å². The zero-order valence-electron chi connectivity index (χ0n) is 14.6. The van der Waals surface area contributed by atoms with E-state index in [4.69, 9.17) is 9.47 Å². The van der Waals surface area contributed by atoms with Gasteiger partial charge in [-0.05, 0) is 51.9 Å². The molecule has 3 aromatic carbocycles. The molecule has 0 N–H and O–H groups in total. The van der Waals surface area contributed by atoms with Crippen molar-refractivity contribution in [2.75, 3.05) is 13.7 Å². The highest BCUT2D eigenvalue weighted by Crippen LogP contribution is 2.22. The summed E-state index contributed by atoms with van der Waals surface area (Å²) in [5.41, 5.74) is 2.99. The molecule has 0 bridgehead atoms. The molecule has 136 valence electrons. The van der Waals surface area contributed by atoms with E-state index in [-0.39, 0.29) is 12.4 Å². The molecule has 0 radical (unpaired) electrons. The van der Waals surface area contributed by atoms with Gasteiger partial charge in [-0.1, -0.05) is 54.6 Å². The fourth-order valence-corrected chi connectivity index (χ4v) is 3.31. The molecule has 0 fully saturated rings. The van der Waals surface area contributed by atoms with Gasteiger partial charge in [0, 0.05) is 5.56 Å². The number of rotatable bonds is 6. The first-order chi connectivity index (χ1) is 13.1. The molecule has 0 aliphatic carbocycles. The van der Waals surface area contributed by atoms with Gasteiger partial charge >= 0.3 is 5.97 Å². The highest BCUT2D eigenvalue weighted by Gasteiger charge is 2.13. The molecule has 0 saturated carbocycles. The van der Waals surface area contributed by atoms with E-state index < -0.39 is 5.97 Å². The lowest BCUT2D eigenvalue weighted by Gasteiger charge is -2.08. The summed E-state index contributed by atoms with van der Waals surface area (Å²) in [6.07, 6.45) is 0. The van der Waals surface area contributed by atoms with Crippen LogP contribution in [-0.2, 0) is 4.74 Å². The minimum absolute atomic E-state index is 0.244. The summed E-state index contributed by atoms with van der Waals surface area (Å²) in [6.45, 7) is -0.299. The predicted octanol–water partition coefficient (Wildman–Crippen LogP) is 5.01. The minimum atomic E-state index is -0.537. The first kappa shape index (κ1) is 19.1. The van der Waals surface area contributed by atoms with Crippen molar-refractivity contribution >= 4 is 34.3 Å². The van der Waals surface area contributed by atoms with Gasteiger partial charge in [0.15, 0.2) is 12.4 Å². The maximum absolute atomic E-state index is 12.3. The van der Waals surface area contributed by atoms with E-state index in [1.54, 1.807) is 37.4 Å². The van der Waals surface area contributed by atoms with Crippen LogP contribution in [0, 0.1) is 3.57 Å². The van der Waals surface area contributed by atoms with Crippen molar-refractivity contribution in [3.63, 3.8) is 0 Å². The number of carbonyl (C=O) groups is 2. The van der Waals surface area contributed by atoms with E-state index in [1.807, 2.05) is 42.5 Å². The van der Waals surface area contributed by atoms with Crippen LogP contribution in [0.25, 0.3) is 11.1 Å². The largest absolute Gasteiger partial charge is 0.496 e. The first-order valence-corrected chi connectivity index (χ1v) is 9.35. The van der Waals surface area contributed by atoms with E-state index in [0.29, 0.717) is 16.9 Å². The molecule has 27 heavy (non-hydrogen) atoms. The quantitative estimate of drug-likeness (QED) is 0.288. The Morgan fingerprint density at radius 1 is 0.852 bits per heavy atom. The van der Waals surface area contributed by atoms with Gasteiger partial charge in [0.1, 0.15) is 5.75 Å². The van der Waals surface area contributed by atoms with Crippen LogP contribution in [-0.4, -0.2) is 25.5 Å². The van der Waals surface area contributed by atoms with Gasteiger partial charge in [0.2, 0.25) is 0 Å². The monoisotopic (exact) mass is 472 g/mol. The molecular weight excluding hydrogens is 455 g/mol. The number of Topliss-reactive ketones (excluding diaryl/α,β-unsaturated/α-hetero) is 1. The maximum atomic E-state index is 12.3. The van der Waals surface area contributed by atoms with E-state index >= 15 is 0 Å². The Kier molecular flexibility index (Phi) is 6.24. The van der Waals surface area contributed by atoms with Crippen LogP contribution in [0.3, 0.4) is 0 Å². The van der Waals surface area contributed by atoms with Gasteiger partial charge in [-0.15, -0.1) is 0 Å². The van der Waals surface area contributed by atoms with E-state index in [2.05, 4.69) is 22.6 Å². The van der Waals surface area contributed by atoms with Gasteiger partial charge in [-0.2, -0.15) is 0 Å². The van der Waals surface area contributed by atoms with Crippen LogP contribution in [0.4, 0.5) is 0 Å². The lowest BCUT2D eigenvalue weighted by molar-refractivity contribution is 0.0474. The topological polar surface area (TPSA) is 52.6 Å². The third-order valence-electron chi connectivity index (χ3n) is 4.04. The Hall–Kier alpha value is -2.67. The van der Waals surface area contributed by atoms with Crippen molar-refractivity contribution in [3.8, 4) is 16.9 Å². The van der Waals surface area contributed by atoms with Gasteiger partial charge in [-0.25, -0.2) is 4.79 Å². The Balaban J connectivity index is 1.62. The van der Waals surface area contributed by atoms with Crippen molar-refractivity contribution < 1.29 is 19.1 Å². The molecule has 0 aliphatic heterocycles. The minimum Gasteiger partial charge on any atom is -0.496 e. The third kappa shape index (κ3) is 4.74. The molecule has 0 amide bonds. The number of esters is 1. The fraction of sp³-hybridized carbons (Fsp3) is 0.0909. The van der Waals surface area contributed by atoms with Crippen molar-refractivity contribution in [2.24, 2.45) is 0 Å². The Morgan fingerprint density at radius 3 is 2.11 bits per heavy atom. The average molecular weight is 472 g/mol. The number of hydrogen-bond donors (Lipinski definition) is 0. The van der Waals surface area contributed by atoms with Crippen LogP contribution >= 0.6 is 22.6 Å². The number of ether oxygens (including phenoxy) is 2. The standard InChI is InChI=1S/C22H17IO4/c1-26-21-12-11-18(13-19(21)23)22(25)27-14-20(24)17-9-7-16(8-10-17)15-5-3-2-4-6-15/h2-13H,14H2,1H3. The summed E-state index contributed by atoms with van der Waals surface area (Å²) >= 11 is 2.08. The van der Waals surface area contributed by atoms with Gasteiger partial charge in [0.25, 0.3) is 0 Å². The Morgan fingerprint density at radius 2 is 1.48 bits per heavy atom. The van der Waals surface area contributed by atoms with Crippen LogP contribution < -0.4 is 4.74 Å². The normalized spacial score (nSPS) is 10.3. The third-order valence-corrected chi connectivity index (χ3v) is 4.88. The molecular formula is C22H17IO4. The summed E-state index contributed by atoms with van der Waals surface area (Å²) in [7, 11) is 1.57. The SMILES string of the molecule is COc1ccc(C(=O)OCC(=O)c2ccc(-c3ccccc3)cc2)cc1I. The molecule has 3 aromatic rings. The summed E-state index contributed by atoms with van der Waals surface area (Å²) < 4.78 is 11.1. The van der Waals surface area contributed by atoms with Crippen LogP contribution in [0.1, 0.15) is 20.7 Å². The van der Waals surface area contributed by atoms with Crippen molar-refractivity contribution in [2.45, 2.75) is 0 Å². The second-order valence-corrected chi connectivity index (χ2v) is 6.95. The first-order valence-electron chi connectivity index (χ1n) is 8.28. The van der Waals surface area contributed by atoms with Crippen molar-refractivity contribution in [1.82, 2.24) is 0 Å². The average Bonchev–Trinajstić information content (AvgIpc) is 2.72. The number of benzene rings is 3. The maximum Gasteiger partial charge on any atom is 0.338 e. The summed E-state index contributed by atoms with van der Waals surface area (Å²) in [5.74, 6) is -0.0993. The van der Waals surface area contributed by atoms with Gasteiger partial charge in [-0.3, -0.25) is 4.79 Å². The molecule has 0 unspecified atom stereocenters. The van der Waals surface area contributed by atoms with Crippen molar-refractivity contribution in [3.05, 3.63) is 87.5 Å². The fourth-order valence-electron chi connectivity index (χ4n) is 2.57. The Bertz CT molecular complexity index is 950. The number of hydrogen-bond acceptors (Lipinski definition) is 4. The molecule has 3 rings (SSSR count). The van der Waals surface area contributed by atoms with E-state index in [9.17, 15) is 9.59 Å². The zero-order chi connectivity index (χ0) is 19.2. The van der Waals surface area contributed by atoms with Crippen LogP contribution in [0.15, 0.2) is 72.8 Å². The molecule has 5 heteroatoms. The van der Waals surface area contributed by atoms with Crippen LogP contribution in [0.5, 0.6) is 5.75 Å². The predicted molar refractivity (Wildman–Crippen MR) is 112 cm³/mol. The number of ketones is 1. The number of methoxy groups -OCH3 is 1. The molecule has 0 saturated heterocycles. The highest BCUT2D eigenvalue weighted by molar-refractivity contribution is 14.1. The second-order valence-electron chi connectivity index (χ2n) is 5.79. The highest BCUT2D eigenvalue weighted by atomic mass is 127. The molecule has 4 nitrogen and oxygen atoms in total. The molecule has 0 heterocycles. The molecule has 0 atom stereocenters. The molecule has 0 aromatic heterocycles. The van der Waals surface area contributed by atoms with Crippen LogP contribution in [0.2, 0.25) is 0 Å². The number of carbonyl (C=O) groups excluding carboxylic acids is 2. The number of halogens is 1. The lowest BCUT2D eigenvalue weighted by atomic mass is 10.0. The summed E-state index contributed by atoms with van der Waals surface area (Å²) in [6, 6.07) is 22.1. The van der Waals surface area contributed by atoms with E-state index in [1.165, 1.54) is 0 Å². The molecule has 0 spiro atoms. The second kappa shape index (κ2) is 8.81. The molecule has 0 aliphatic rings.